The molecule has 1 unspecified atom stereocenters. The molecule has 1 heterocycles. The number of aryl methyl sites for hydroxylation is 1. The van der Waals surface area contributed by atoms with E-state index in [2.05, 4.69) is 5.32 Å². The van der Waals surface area contributed by atoms with E-state index >= 15 is 0 Å². The Kier molecular flexibility index (Phi) is 4.47. The van der Waals surface area contributed by atoms with Gasteiger partial charge in [-0.2, -0.15) is 0 Å². The molecule has 0 spiro atoms. The van der Waals surface area contributed by atoms with Crippen molar-refractivity contribution in [3.05, 3.63) is 64.2 Å². The molecule has 7 nitrogen and oxygen atoms in total. The summed E-state index contributed by atoms with van der Waals surface area (Å²) in [5.74, 6) is -0.916. The Morgan fingerprint density at radius 2 is 2.00 bits per heavy atom. The molecular weight excluding hydrogens is 322 g/mol. The van der Waals surface area contributed by atoms with Crippen molar-refractivity contribution in [1.82, 2.24) is 0 Å². The van der Waals surface area contributed by atoms with Gasteiger partial charge in [0.15, 0.2) is 0 Å². The molecular formula is C18H17N3O4. The van der Waals surface area contributed by atoms with Crippen LogP contribution in [0.1, 0.15) is 12.0 Å². The van der Waals surface area contributed by atoms with Gasteiger partial charge in [0.2, 0.25) is 11.8 Å². The van der Waals surface area contributed by atoms with E-state index in [9.17, 15) is 19.7 Å². The SMILES string of the molecule is Cc1cccc(N2CC(C(=O)Nc3cccc([N+](=O)[O-])c3)CC2=O)c1. The van der Waals surface area contributed by atoms with Crippen LogP contribution < -0.4 is 10.2 Å². The Labute approximate surface area is 144 Å². The lowest BCUT2D eigenvalue weighted by atomic mass is 10.1. The summed E-state index contributed by atoms with van der Waals surface area (Å²) in [7, 11) is 0. The van der Waals surface area contributed by atoms with Crippen molar-refractivity contribution in [2.45, 2.75) is 13.3 Å². The van der Waals surface area contributed by atoms with Crippen LogP contribution in [0.3, 0.4) is 0 Å². The number of nitro benzene ring substituents is 1. The number of non-ortho nitro benzene ring substituents is 1. The van der Waals surface area contributed by atoms with Crippen molar-refractivity contribution in [2.75, 3.05) is 16.8 Å². The first-order valence-corrected chi connectivity index (χ1v) is 7.86. The predicted octanol–water partition coefficient (Wildman–Crippen LogP) is 2.89. The number of nitro groups is 1. The van der Waals surface area contributed by atoms with Gasteiger partial charge in [-0.3, -0.25) is 19.7 Å². The van der Waals surface area contributed by atoms with Crippen LogP contribution in [-0.2, 0) is 9.59 Å². The van der Waals surface area contributed by atoms with Crippen LogP contribution >= 0.6 is 0 Å². The number of benzene rings is 2. The van der Waals surface area contributed by atoms with E-state index in [1.165, 1.54) is 18.2 Å². The third-order valence-corrected chi connectivity index (χ3v) is 4.13. The smallest absolute Gasteiger partial charge is 0.271 e. The molecule has 0 aliphatic carbocycles. The molecule has 2 aromatic carbocycles. The Hall–Kier alpha value is -3.22. The van der Waals surface area contributed by atoms with Crippen LogP contribution in [0, 0.1) is 23.0 Å². The maximum absolute atomic E-state index is 12.4. The van der Waals surface area contributed by atoms with E-state index < -0.39 is 10.8 Å². The van der Waals surface area contributed by atoms with Crippen LogP contribution in [0.25, 0.3) is 0 Å². The van der Waals surface area contributed by atoms with E-state index in [1.54, 1.807) is 11.0 Å². The highest BCUT2D eigenvalue weighted by Gasteiger charge is 2.35. The van der Waals surface area contributed by atoms with E-state index in [1.807, 2.05) is 31.2 Å². The number of carbonyl (C=O) groups excluding carboxylic acids is 2. The maximum Gasteiger partial charge on any atom is 0.271 e. The van der Waals surface area contributed by atoms with Crippen LogP contribution in [0.4, 0.5) is 17.1 Å². The third kappa shape index (κ3) is 3.65. The number of hydrogen-bond donors (Lipinski definition) is 1. The van der Waals surface area contributed by atoms with Crippen molar-refractivity contribution >= 4 is 28.9 Å². The van der Waals surface area contributed by atoms with Gasteiger partial charge in [0, 0.05) is 36.5 Å². The second-order valence-corrected chi connectivity index (χ2v) is 6.04. The number of nitrogens with zero attached hydrogens (tertiary/aromatic N) is 2. The van der Waals surface area contributed by atoms with Crippen LogP contribution in [-0.4, -0.2) is 23.3 Å². The minimum absolute atomic E-state index is 0.0957. The number of nitrogens with one attached hydrogen (secondary N) is 1. The topological polar surface area (TPSA) is 92.6 Å². The normalized spacial score (nSPS) is 16.8. The fourth-order valence-corrected chi connectivity index (χ4v) is 2.87. The van der Waals surface area contributed by atoms with E-state index in [-0.39, 0.29) is 23.9 Å². The molecule has 3 rings (SSSR count). The average Bonchev–Trinajstić information content (AvgIpc) is 2.97. The monoisotopic (exact) mass is 339 g/mol. The van der Waals surface area contributed by atoms with Gasteiger partial charge in [-0.15, -0.1) is 0 Å². The second-order valence-electron chi connectivity index (χ2n) is 6.04. The van der Waals surface area contributed by atoms with Crippen molar-refractivity contribution < 1.29 is 14.5 Å². The number of anilines is 2. The highest BCUT2D eigenvalue weighted by molar-refractivity contribution is 6.03. The molecule has 25 heavy (non-hydrogen) atoms. The van der Waals surface area contributed by atoms with Gasteiger partial charge in [0.05, 0.1) is 10.8 Å². The summed E-state index contributed by atoms with van der Waals surface area (Å²) in [6, 6.07) is 13.3. The first-order valence-electron chi connectivity index (χ1n) is 7.86. The van der Waals surface area contributed by atoms with Crippen molar-refractivity contribution in [3.63, 3.8) is 0 Å². The zero-order valence-corrected chi connectivity index (χ0v) is 13.6. The first-order chi connectivity index (χ1) is 11.9. The predicted molar refractivity (Wildman–Crippen MR) is 93.4 cm³/mol. The standard InChI is InChI=1S/C18H17N3O4/c1-12-4-2-6-15(8-12)20-11-13(9-17(20)22)18(23)19-14-5-3-7-16(10-14)21(24)25/h2-8,10,13H,9,11H2,1H3,(H,19,23). The lowest BCUT2D eigenvalue weighted by Gasteiger charge is -2.17. The molecule has 1 atom stereocenters. The Balaban J connectivity index is 1.71. The summed E-state index contributed by atoms with van der Waals surface area (Å²) in [5, 5.41) is 13.5. The maximum atomic E-state index is 12.4. The van der Waals surface area contributed by atoms with Gasteiger partial charge in [-0.1, -0.05) is 18.2 Å². The van der Waals surface area contributed by atoms with E-state index in [4.69, 9.17) is 0 Å². The summed E-state index contributed by atoms with van der Waals surface area (Å²) < 4.78 is 0. The summed E-state index contributed by atoms with van der Waals surface area (Å²) >= 11 is 0. The molecule has 128 valence electrons. The van der Waals surface area contributed by atoms with Crippen LogP contribution in [0.2, 0.25) is 0 Å². The molecule has 1 aliphatic rings. The van der Waals surface area contributed by atoms with Crippen LogP contribution in [0.5, 0.6) is 0 Å². The molecule has 1 saturated heterocycles. The first kappa shape index (κ1) is 16.6. The number of rotatable bonds is 4. The highest BCUT2D eigenvalue weighted by Crippen LogP contribution is 2.27. The lowest BCUT2D eigenvalue weighted by molar-refractivity contribution is -0.384. The van der Waals surface area contributed by atoms with Gasteiger partial charge in [-0.05, 0) is 30.7 Å². The van der Waals surface area contributed by atoms with Gasteiger partial charge in [0.25, 0.3) is 5.69 Å². The number of amides is 2. The third-order valence-electron chi connectivity index (χ3n) is 4.13. The Bertz CT molecular complexity index is 850. The molecule has 1 fully saturated rings. The molecule has 0 saturated carbocycles. The van der Waals surface area contributed by atoms with Gasteiger partial charge < -0.3 is 10.2 Å². The highest BCUT2D eigenvalue weighted by atomic mass is 16.6. The molecule has 2 aromatic rings. The molecule has 1 aliphatic heterocycles. The quantitative estimate of drug-likeness (QED) is 0.685. The zero-order valence-electron chi connectivity index (χ0n) is 13.6. The second kappa shape index (κ2) is 6.72. The zero-order chi connectivity index (χ0) is 18.0. The summed E-state index contributed by atoms with van der Waals surface area (Å²) in [6.45, 7) is 2.24. The largest absolute Gasteiger partial charge is 0.326 e. The molecule has 7 heteroatoms. The van der Waals surface area contributed by atoms with Crippen molar-refractivity contribution in [1.29, 1.82) is 0 Å². The fourth-order valence-electron chi connectivity index (χ4n) is 2.87. The van der Waals surface area contributed by atoms with E-state index in [0.29, 0.717) is 12.2 Å². The Morgan fingerprint density at radius 3 is 2.72 bits per heavy atom. The summed E-state index contributed by atoms with van der Waals surface area (Å²) in [5.41, 5.74) is 2.06. The van der Waals surface area contributed by atoms with Gasteiger partial charge >= 0.3 is 0 Å². The molecule has 0 radical (unpaired) electrons. The minimum atomic E-state index is -0.520. The summed E-state index contributed by atoms with van der Waals surface area (Å²) in [4.78, 5) is 36.6. The molecule has 0 bridgehead atoms. The number of carbonyl (C=O) groups is 2. The molecule has 1 N–H and O–H groups in total. The Morgan fingerprint density at radius 1 is 1.24 bits per heavy atom. The minimum Gasteiger partial charge on any atom is -0.326 e. The lowest BCUT2D eigenvalue weighted by Crippen LogP contribution is -2.28. The van der Waals surface area contributed by atoms with Gasteiger partial charge in [-0.25, -0.2) is 0 Å². The fraction of sp³-hybridized carbons (Fsp3) is 0.222. The summed E-state index contributed by atoms with van der Waals surface area (Å²) in [6.07, 6.45) is 0.120. The molecule has 2 amide bonds. The molecule has 0 aromatic heterocycles. The van der Waals surface area contributed by atoms with E-state index in [0.717, 1.165) is 11.3 Å². The van der Waals surface area contributed by atoms with Crippen molar-refractivity contribution in [3.8, 4) is 0 Å². The van der Waals surface area contributed by atoms with Crippen LogP contribution in [0.15, 0.2) is 48.5 Å². The van der Waals surface area contributed by atoms with Gasteiger partial charge in [0.1, 0.15) is 0 Å². The number of hydrogen-bond acceptors (Lipinski definition) is 4. The average molecular weight is 339 g/mol. The van der Waals surface area contributed by atoms with Crippen molar-refractivity contribution in [2.24, 2.45) is 5.92 Å².